The molecule has 0 aromatic carbocycles. The van der Waals surface area contributed by atoms with E-state index in [9.17, 15) is 23.1 Å². The smallest absolute Gasteiger partial charge is 0.306 e. The third-order valence-electron chi connectivity index (χ3n) is 5.75. The lowest BCUT2D eigenvalue weighted by atomic mass is 9.86. The van der Waals surface area contributed by atoms with Gasteiger partial charge in [-0.15, -0.1) is 0 Å². The van der Waals surface area contributed by atoms with Crippen LogP contribution in [-0.2, 0) is 19.4 Å². The summed E-state index contributed by atoms with van der Waals surface area (Å²) in [6.45, 7) is 6.04. The highest BCUT2D eigenvalue weighted by Gasteiger charge is 2.44. The van der Waals surface area contributed by atoms with Crippen LogP contribution in [0.25, 0.3) is 0 Å². The first-order valence-electron chi connectivity index (χ1n) is 9.40. The lowest BCUT2D eigenvalue weighted by molar-refractivity contribution is -0.148. The monoisotopic (exact) mass is 373 g/mol. The van der Waals surface area contributed by atoms with Crippen molar-refractivity contribution in [3.05, 3.63) is 0 Å². The van der Waals surface area contributed by atoms with Crippen LogP contribution in [0.2, 0.25) is 0 Å². The van der Waals surface area contributed by atoms with Gasteiger partial charge >= 0.3 is 5.97 Å². The van der Waals surface area contributed by atoms with Crippen molar-refractivity contribution in [3.8, 4) is 0 Å². The molecule has 25 heavy (non-hydrogen) atoms. The van der Waals surface area contributed by atoms with Crippen molar-refractivity contribution in [2.75, 3.05) is 13.1 Å². The van der Waals surface area contributed by atoms with Gasteiger partial charge in [-0.25, -0.2) is 8.42 Å². The van der Waals surface area contributed by atoms with Crippen molar-refractivity contribution in [1.29, 1.82) is 0 Å². The number of hydrogen-bond donors (Lipinski definition) is 1. The van der Waals surface area contributed by atoms with Gasteiger partial charge in [-0.1, -0.05) is 40.0 Å². The molecule has 0 bridgehead atoms. The average Bonchev–Trinajstić information content (AvgIpc) is 2.54. The second kappa shape index (κ2) is 8.06. The molecular weight excluding hydrogens is 342 g/mol. The molecule has 1 saturated heterocycles. The topological polar surface area (TPSA) is 91.8 Å². The van der Waals surface area contributed by atoms with Crippen LogP contribution in [0.3, 0.4) is 0 Å². The molecule has 0 spiro atoms. The van der Waals surface area contributed by atoms with Gasteiger partial charge in [-0.05, 0) is 31.1 Å². The summed E-state index contributed by atoms with van der Waals surface area (Å²) in [6, 6.07) is 0. The first-order valence-corrected chi connectivity index (χ1v) is 11.0. The minimum absolute atomic E-state index is 0.166. The number of hydrogen-bond acceptors (Lipinski definition) is 4. The van der Waals surface area contributed by atoms with Gasteiger partial charge < -0.3 is 10.0 Å². The van der Waals surface area contributed by atoms with E-state index in [1.54, 1.807) is 18.7 Å². The van der Waals surface area contributed by atoms with E-state index < -0.39 is 32.2 Å². The molecule has 1 amide bonds. The Morgan fingerprint density at radius 2 is 1.68 bits per heavy atom. The average molecular weight is 374 g/mol. The van der Waals surface area contributed by atoms with E-state index in [-0.39, 0.29) is 17.7 Å². The molecule has 2 fully saturated rings. The SMILES string of the molecule is CC(C)C(C(=O)N1CCC(C(=O)O)C(C)C1)S(=O)(=O)C1CCCCC1. The zero-order valence-corrected chi connectivity index (χ0v) is 16.3. The van der Waals surface area contributed by atoms with Crippen LogP contribution in [0.4, 0.5) is 0 Å². The lowest BCUT2D eigenvalue weighted by Gasteiger charge is -2.38. The summed E-state index contributed by atoms with van der Waals surface area (Å²) in [6.07, 6.45) is 4.56. The summed E-state index contributed by atoms with van der Waals surface area (Å²) in [5, 5.41) is 7.81. The molecule has 1 aliphatic heterocycles. The number of sulfone groups is 1. The zero-order valence-electron chi connectivity index (χ0n) is 15.5. The summed E-state index contributed by atoms with van der Waals surface area (Å²) in [5.74, 6) is -2.09. The Hall–Kier alpha value is -1.11. The van der Waals surface area contributed by atoms with Crippen molar-refractivity contribution in [1.82, 2.24) is 4.90 Å². The number of nitrogens with zero attached hydrogens (tertiary/aromatic N) is 1. The zero-order chi connectivity index (χ0) is 18.8. The Kier molecular flexibility index (Phi) is 6.51. The van der Waals surface area contributed by atoms with Crippen LogP contribution in [-0.4, -0.2) is 53.9 Å². The second-order valence-electron chi connectivity index (χ2n) is 8.01. The lowest BCUT2D eigenvalue weighted by Crippen LogP contribution is -2.53. The summed E-state index contributed by atoms with van der Waals surface area (Å²) in [5.41, 5.74) is 0. The van der Waals surface area contributed by atoms with Crippen LogP contribution >= 0.6 is 0 Å². The number of carbonyl (C=O) groups excluding carboxylic acids is 1. The molecular formula is C18H31NO5S. The molecule has 0 aromatic heterocycles. The maximum atomic E-state index is 13.1. The Balaban J connectivity index is 2.17. The fourth-order valence-corrected chi connectivity index (χ4v) is 6.89. The highest BCUT2D eigenvalue weighted by Crippen LogP contribution is 2.31. The van der Waals surface area contributed by atoms with E-state index in [0.29, 0.717) is 32.4 Å². The highest BCUT2D eigenvalue weighted by molar-refractivity contribution is 7.93. The largest absolute Gasteiger partial charge is 0.481 e. The number of carboxylic acids is 1. The van der Waals surface area contributed by atoms with Gasteiger partial charge in [0.2, 0.25) is 5.91 Å². The fourth-order valence-electron chi connectivity index (χ4n) is 4.30. The first kappa shape index (κ1) is 20.2. The van der Waals surface area contributed by atoms with Gasteiger partial charge in [0.15, 0.2) is 9.84 Å². The summed E-state index contributed by atoms with van der Waals surface area (Å²) in [7, 11) is -3.53. The number of piperidine rings is 1. The van der Waals surface area contributed by atoms with Gasteiger partial charge in [-0.3, -0.25) is 9.59 Å². The standard InChI is InChI=1S/C18H31NO5S/c1-12(2)16(25(23,24)14-7-5-4-6-8-14)17(20)19-10-9-15(18(21)22)13(3)11-19/h12-16H,4-11H2,1-3H3,(H,21,22). The predicted octanol–water partition coefficient (Wildman–Crippen LogP) is 2.33. The first-order chi connectivity index (χ1) is 11.7. The second-order valence-corrected chi connectivity index (χ2v) is 10.4. The van der Waals surface area contributed by atoms with Crippen molar-refractivity contribution < 1.29 is 23.1 Å². The number of rotatable bonds is 5. The van der Waals surface area contributed by atoms with Gasteiger partial charge in [0.1, 0.15) is 5.25 Å². The van der Waals surface area contributed by atoms with Gasteiger partial charge in [0.25, 0.3) is 0 Å². The molecule has 3 unspecified atom stereocenters. The van der Waals surface area contributed by atoms with Crippen LogP contribution in [0, 0.1) is 17.8 Å². The molecule has 7 heteroatoms. The molecule has 1 saturated carbocycles. The van der Waals surface area contributed by atoms with E-state index in [0.717, 1.165) is 19.3 Å². The normalized spacial score (nSPS) is 27.3. The minimum atomic E-state index is -3.53. The van der Waals surface area contributed by atoms with Gasteiger partial charge in [0.05, 0.1) is 11.2 Å². The predicted molar refractivity (Wildman–Crippen MR) is 95.9 cm³/mol. The molecule has 0 radical (unpaired) electrons. The molecule has 1 N–H and O–H groups in total. The van der Waals surface area contributed by atoms with Gasteiger partial charge in [0, 0.05) is 13.1 Å². The molecule has 2 aliphatic rings. The molecule has 1 aliphatic carbocycles. The number of aliphatic carboxylic acids is 1. The van der Waals surface area contributed by atoms with E-state index in [2.05, 4.69) is 0 Å². The fraction of sp³-hybridized carbons (Fsp3) is 0.889. The van der Waals surface area contributed by atoms with Crippen molar-refractivity contribution >= 4 is 21.7 Å². The van der Waals surface area contributed by atoms with Crippen LogP contribution in [0.1, 0.15) is 59.3 Å². The maximum Gasteiger partial charge on any atom is 0.306 e. The van der Waals surface area contributed by atoms with Crippen LogP contribution < -0.4 is 0 Å². The third-order valence-corrected chi connectivity index (χ3v) is 8.61. The summed E-state index contributed by atoms with van der Waals surface area (Å²) < 4.78 is 26.2. The Labute approximate surface area is 150 Å². The molecule has 0 aromatic rings. The van der Waals surface area contributed by atoms with E-state index in [4.69, 9.17) is 0 Å². The summed E-state index contributed by atoms with van der Waals surface area (Å²) >= 11 is 0. The van der Waals surface area contributed by atoms with E-state index in [1.165, 1.54) is 0 Å². The number of carbonyl (C=O) groups is 2. The molecule has 1 heterocycles. The minimum Gasteiger partial charge on any atom is -0.481 e. The van der Waals surface area contributed by atoms with Crippen LogP contribution in [0.5, 0.6) is 0 Å². The Morgan fingerprint density at radius 3 is 2.16 bits per heavy atom. The van der Waals surface area contributed by atoms with Crippen molar-refractivity contribution in [3.63, 3.8) is 0 Å². The Bertz CT molecular complexity index is 595. The number of carboxylic acid groups (broad SMARTS) is 1. The van der Waals surface area contributed by atoms with Crippen LogP contribution in [0.15, 0.2) is 0 Å². The van der Waals surface area contributed by atoms with Gasteiger partial charge in [-0.2, -0.15) is 0 Å². The molecule has 3 atom stereocenters. The Morgan fingerprint density at radius 1 is 1.08 bits per heavy atom. The van der Waals surface area contributed by atoms with Crippen molar-refractivity contribution in [2.45, 2.75) is 69.8 Å². The summed E-state index contributed by atoms with van der Waals surface area (Å²) in [4.78, 5) is 25.9. The quantitative estimate of drug-likeness (QED) is 0.798. The molecule has 144 valence electrons. The third kappa shape index (κ3) is 4.36. The highest BCUT2D eigenvalue weighted by atomic mass is 32.2. The molecule has 2 rings (SSSR count). The van der Waals surface area contributed by atoms with E-state index >= 15 is 0 Å². The number of amides is 1. The van der Waals surface area contributed by atoms with E-state index in [1.807, 2.05) is 6.92 Å². The maximum absolute atomic E-state index is 13.1. The number of likely N-dealkylation sites (tertiary alicyclic amines) is 1. The molecule has 6 nitrogen and oxygen atoms in total. The van der Waals surface area contributed by atoms with Crippen molar-refractivity contribution in [2.24, 2.45) is 17.8 Å².